The summed E-state index contributed by atoms with van der Waals surface area (Å²) in [7, 11) is 1.85. The zero-order chi connectivity index (χ0) is 19.5. The first-order valence-corrected chi connectivity index (χ1v) is 10.3. The highest BCUT2D eigenvalue weighted by Gasteiger charge is 2.17. The molecule has 1 saturated heterocycles. The van der Waals surface area contributed by atoms with Gasteiger partial charge in [0.05, 0.1) is 16.4 Å². The van der Waals surface area contributed by atoms with Crippen LogP contribution in [0.2, 0.25) is 0 Å². The van der Waals surface area contributed by atoms with Crippen molar-refractivity contribution in [2.45, 2.75) is 32.1 Å². The van der Waals surface area contributed by atoms with Crippen molar-refractivity contribution in [3.63, 3.8) is 0 Å². The first-order chi connectivity index (χ1) is 13.6. The van der Waals surface area contributed by atoms with E-state index in [0.717, 1.165) is 29.4 Å². The molecule has 1 aromatic carbocycles. The SMILES string of the molecule is Cn1c(C(=O)NCCCN2CCCCCC2)cc2c(=O)[nH]c3ccccc3c21. The van der Waals surface area contributed by atoms with Gasteiger partial charge in [-0.15, -0.1) is 0 Å². The number of para-hydroxylation sites is 1. The number of aromatic nitrogens is 2. The molecule has 2 aromatic heterocycles. The van der Waals surface area contributed by atoms with E-state index in [2.05, 4.69) is 15.2 Å². The fourth-order valence-corrected chi connectivity index (χ4v) is 4.26. The number of carbonyl (C=O) groups is 1. The van der Waals surface area contributed by atoms with E-state index in [-0.39, 0.29) is 11.5 Å². The second-order valence-corrected chi connectivity index (χ2v) is 7.72. The van der Waals surface area contributed by atoms with E-state index >= 15 is 0 Å². The summed E-state index contributed by atoms with van der Waals surface area (Å²) >= 11 is 0. The molecule has 0 atom stereocenters. The van der Waals surface area contributed by atoms with Gasteiger partial charge >= 0.3 is 0 Å². The molecule has 1 aliphatic heterocycles. The Labute approximate surface area is 164 Å². The van der Waals surface area contributed by atoms with Crippen molar-refractivity contribution in [2.75, 3.05) is 26.2 Å². The monoisotopic (exact) mass is 380 g/mol. The first-order valence-electron chi connectivity index (χ1n) is 10.3. The van der Waals surface area contributed by atoms with Gasteiger partial charge in [-0.1, -0.05) is 31.0 Å². The number of pyridine rings is 1. The fraction of sp³-hybridized carbons (Fsp3) is 0.455. The zero-order valence-electron chi connectivity index (χ0n) is 16.5. The first kappa shape index (κ1) is 18.7. The largest absolute Gasteiger partial charge is 0.351 e. The molecule has 3 heterocycles. The zero-order valence-corrected chi connectivity index (χ0v) is 16.5. The van der Waals surface area contributed by atoms with E-state index < -0.39 is 0 Å². The van der Waals surface area contributed by atoms with Gasteiger partial charge < -0.3 is 19.8 Å². The number of benzene rings is 1. The Hall–Kier alpha value is -2.60. The van der Waals surface area contributed by atoms with Crippen LogP contribution in [0.1, 0.15) is 42.6 Å². The van der Waals surface area contributed by atoms with Gasteiger partial charge in [0, 0.05) is 19.0 Å². The van der Waals surface area contributed by atoms with Gasteiger partial charge in [-0.2, -0.15) is 0 Å². The Balaban J connectivity index is 1.47. The maximum Gasteiger partial charge on any atom is 0.267 e. The second kappa shape index (κ2) is 8.19. The number of rotatable bonds is 5. The Bertz CT molecular complexity index is 1040. The van der Waals surface area contributed by atoms with Crippen LogP contribution in [0.25, 0.3) is 21.8 Å². The lowest BCUT2D eigenvalue weighted by atomic mass is 10.1. The third-order valence-electron chi connectivity index (χ3n) is 5.78. The maximum atomic E-state index is 12.7. The van der Waals surface area contributed by atoms with Gasteiger partial charge in [0.2, 0.25) is 0 Å². The topological polar surface area (TPSA) is 70.1 Å². The van der Waals surface area contributed by atoms with Crippen molar-refractivity contribution in [3.05, 3.63) is 46.4 Å². The van der Waals surface area contributed by atoms with E-state index in [1.54, 1.807) is 6.07 Å². The number of hydrogen-bond acceptors (Lipinski definition) is 3. The Morgan fingerprint density at radius 3 is 2.64 bits per heavy atom. The van der Waals surface area contributed by atoms with E-state index in [1.807, 2.05) is 35.9 Å². The fourth-order valence-electron chi connectivity index (χ4n) is 4.26. The molecule has 2 N–H and O–H groups in total. The second-order valence-electron chi connectivity index (χ2n) is 7.72. The van der Waals surface area contributed by atoms with Gasteiger partial charge in [0.15, 0.2) is 0 Å². The van der Waals surface area contributed by atoms with Crippen molar-refractivity contribution in [2.24, 2.45) is 7.05 Å². The quantitative estimate of drug-likeness (QED) is 0.669. The van der Waals surface area contributed by atoms with E-state index in [0.29, 0.717) is 17.6 Å². The summed E-state index contributed by atoms with van der Waals surface area (Å²) in [5, 5.41) is 4.52. The molecule has 0 bridgehead atoms. The number of fused-ring (bicyclic) bond motifs is 3. The lowest BCUT2D eigenvalue weighted by molar-refractivity contribution is 0.0944. The van der Waals surface area contributed by atoms with Gasteiger partial charge in [-0.3, -0.25) is 9.59 Å². The van der Waals surface area contributed by atoms with Crippen LogP contribution in [0.3, 0.4) is 0 Å². The number of likely N-dealkylation sites (tertiary alicyclic amines) is 1. The molecule has 0 aliphatic carbocycles. The van der Waals surface area contributed by atoms with Crippen molar-refractivity contribution in [3.8, 4) is 0 Å². The average Bonchev–Trinajstić information content (AvgIpc) is 2.87. The molecule has 3 aromatic rings. The van der Waals surface area contributed by atoms with Crippen LogP contribution in [0.15, 0.2) is 35.1 Å². The molecule has 1 fully saturated rings. The molecule has 1 aliphatic rings. The number of aryl methyl sites for hydroxylation is 1. The van der Waals surface area contributed by atoms with Crippen LogP contribution in [-0.2, 0) is 7.05 Å². The van der Waals surface area contributed by atoms with Crippen molar-refractivity contribution in [1.82, 2.24) is 19.8 Å². The van der Waals surface area contributed by atoms with E-state index in [1.165, 1.54) is 38.8 Å². The summed E-state index contributed by atoms with van der Waals surface area (Å²) in [6.07, 6.45) is 6.18. The van der Waals surface area contributed by atoms with Crippen LogP contribution in [0.4, 0.5) is 0 Å². The molecular formula is C22H28N4O2. The third kappa shape index (κ3) is 3.69. The highest BCUT2D eigenvalue weighted by molar-refractivity contribution is 6.07. The molecule has 28 heavy (non-hydrogen) atoms. The van der Waals surface area contributed by atoms with E-state index in [9.17, 15) is 9.59 Å². The highest BCUT2D eigenvalue weighted by atomic mass is 16.2. The van der Waals surface area contributed by atoms with Crippen molar-refractivity contribution in [1.29, 1.82) is 0 Å². The summed E-state index contributed by atoms with van der Waals surface area (Å²) in [4.78, 5) is 30.6. The van der Waals surface area contributed by atoms with Crippen molar-refractivity contribution >= 4 is 27.7 Å². The maximum absolute atomic E-state index is 12.7. The van der Waals surface area contributed by atoms with E-state index in [4.69, 9.17) is 0 Å². The smallest absolute Gasteiger partial charge is 0.267 e. The van der Waals surface area contributed by atoms with Gasteiger partial charge in [-0.05, 0) is 51.0 Å². The number of aromatic amines is 1. The summed E-state index contributed by atoms with van der Waals surface area (Å²) in [5.41, 5.74) is 1.94. The molecule has 0 unspecified atom stereocenters. The standard InChI is InChI=1S/C22H28N4O2/c1-25-19(22(28)23-11-8-14-26-12-6-2-3-7-13-26)15-17-20(25)16-9-4-5-10-18(16)24-21(17)27/h4-5,9-10,15H,2-3,6-8,11-14H2,1H3,(H,23,28)(H,24,27). The summed E-state index contributed by atoms with van der Waals surface area (Å²) in [6, 6.07) is 9.38. The summed E-state index contributed by atoms with van der Waals surface area (Å²) in [6.45, 7) is 4.02. The molecule has 0 radical (unpaired) electrons. The minimum atomic E-state index is -0.162. The minimum absolute atomic E-state index is 0.127. The van der Waals surface area contributed by atoms with Gasteiger partial charge in [0.1, 0.15) is 5.69 Å². The van der Waals surface area contributed by atoms with Crippen LogP contribution in [0.5, 0.6) is 0 Å². The Morgan fingerprint density at radius 1 is 1.11 bits per heavy atom. The Kier molecular flexibility index (Phi) is 5.48. The Morgan fingerprint density at radius 2 is 1.86 bits per heavy atom. The van der Waals surface area contributed by atoms with Gasteiger partial charge in [0.25, 0.3) is 11.5 Å². The number of H-pyrrole nitrogens is 1. The molecule has 1 amide bonds. The van der Waals surface area contributed by atoms with Crippen LogP contribution < -0.4 is 10.9 Å². The predicted molar refractivity (Wildman–Crippen MR) is 113 cm³/mol. The number of nitrogens with zero attached hydrogens (tertiary/aromatic N) is 2. The number of amides is 1. The lowest BCUT2D eigenvalue weighted by Gasteiger charge is -2.19. The molecule has 0 spiro atoms. The van der Waals surface area contributed by atoms with Crippen molar-refractivity contribution < 1.29 is 4.79 Å². The van der Waals surface area contributed by atoms with Crippen LogP contribution in [-0.4, -0.2) is 46.5 Å². The number of nitrogens with one attached hydrogen (secondary N) is 2. The molecule has 148 valence electrons. The van der Waals surface area contributed by atoms with Crippen LogP contribution >= 0.6 is 0 Å². The van der Waals surface area contributed by atoms with Gasteiger partial charge in [-0.25, -0.2) is 0 Å². The highest BCUT2D eigenvalue weighted by Crippen LogP contribution is 2.23. The molecular weight excluding hydrogens is 352 g/mol. The molecule has 6 nitrogen and oxygen atoms in total. The predicted octanol–water partition coefficient (Wildman–Crippen LogP) is 3.02. The third-order valence-corrected chi connectivity index (χ3v) is 5.78. The summed E-state index contributed by atoms with van der Waals surface area (Å²) < 4.78 is 1.83. The molecule has 0 saturated carbocycles. The normalized spacial score (nSPS) is 15.8. The van der Waals surface area contributed by atoms with Crippen LogP contribution in [0, 0.1) is 0 Å². The minimum Gasteiger partial charge on any atom is -0.351 e. The average molecular weight is 380 g/mol. The summed E-state index contributed by atoms with van der Waals surface area (Å²) in [5.74, 6) is -0.127. The molecule has 6 heteroatoms. The molecule has 4 rings (SSSR count). The lowest BCUT2D eigenvalue weighted by Crippen LogP contribution is -2.31. The number of hydrogen-bond donors (Lipinski definition) is 2. The number of carbonyl (C=O) groups excluding carboxylic acids is 1.